The Hall–Kier alpha value is -1.85. The number of nitrogens with zero attached hydrogens (tertiary/aromatic N) is 1. The molecule has 0 spiro atoms. The lowest BCUT2D eigenvalue weighted by Gasteiger charge is -2.41. The lowest BCUT2D eigenvalue weighted by atomic mass is 10.0. The van der Waals surface area contributed by atoms with Gasteiger partial charge in [0.2, 0.25) is 0 Å². The van der Waals surface area contributed by atoms with Gasteiger partial charge >= 0.3 is 0 Å². The molecule has 0 unspecified atom stereocenters. The topological polar surface area (TPSA) is 48.0 Å². The van der Waals surface area contributed by atoms with Crippen molar-refractivity contribution in [1.29, 1.82) is 0 Å². The molecule has 2 fully saturated rings. The molecule has 0 radical (unpaired) electrons. The quantitative estimate of drug-likeness (QED) is 0.839. The second kappa shape index (κ2) is 6.34. The van der Waals surface area contributed by atoms with Crippen molar-refractivity contribution >= 4 is 5.78 Å². The molecule has 0 aromatic heterocycles. The first-order chi connectivity index (χ1) is 11.3. The van der Waals surface area contributed by atoms with Gasteiger partial charge in [-0.2, -0.15) is 0 Å². The Morgan fingerprint density at radius 2 is 1.83 bits per heavy atom. The summed E-state index contributed by atoms with van der Waals surface area (Å²) in [4.78, 5) is 14.6. The van der Waals surface area contributed by atoms with Gasteiger partial charge in [0.1, 0.15) is 0 Å². The summed E-state index contributed by atoms with van der Waals surface area (Å²) in [6.07, 6.45) is 3.69. The molecule has 3 aliphatic heterocycles. The van der Waals surface area contributed by atoms with Crippen molar-refractivity contribution in [1.82, 2.24) is 4.90 Å². The van der Waals surface area contributed by atoms with Gasteiger partial charge in [-0.25, -0.2) is 0 Å². The largest absolute Gasteiger partial charge is 0.470 e. The van der Waals surface area contributed by atoms with Crippen molar-refractivity contribution in [3.8, 4) is 0 Å². The van der Waals surface area contributed by atoms with Crippen molar-refractivity contribution in [2.45, 2.75) is 37.8 Å². The summed E-state index contributed by atoms with van der Waals surface area (Å²) in [7, 11) is 0. The van der Waals surface area contributed by atoms with Gasteiger partial charge in [-0.1, -0.05) is 30.3 Å². The highest BCUT2D eigenvalue weighted by molar-refractivity contribution is 5.95. The lowest BCUT2D eigenvalue weighted by Crippen LogP contribution is -2.50. The first-order valence-electron chi connectivity index (χ1n) is 8.30. The van der Waals surface area contributed by atoms with Crippen LogP contribution in [0.15, 0.2) is 42.3 Å². The molecule has 122 valence electrons. The molecule has 4 rings (SSSR count). The van der Waals surface area contributed by atoms with E-state index in [0.717, 1.165) is 31.5 Å². The van der Waals surface area contributed by atoms with Gasteiger partial charge in [0, 0.05) is 24.7 Å². The highest BCUT2D eigenvalue weighted by Crippen LogP contribution is 2.32. The van der Waals surface area contributed by atoms with E-state index in [1.807, 2.05) is 30.3 Å². The van der Waals surface area contributed by atoms with Crippen LogP contribution in [-0.2, 0) is 19.0 Å². The molecule has 0 N–H and O–H groups in total. The normalized spacial score (nSPS) is 31.1. The molecule has 3 atom stereocenters. The SMILES string of the molecule is O=C1C=C(N2CCCCC2)O[C@@H]2CO[C@@H](c3ccccc3)O[C@@H]12. The molecule has 1 aromatic carbocycles. The maximum Gasteiger partial charge on any atom is 0.193 e. The number of carbonyl (C=O) groups excluding carboxylic acids is 1. The second-order valence-electron chi connectivity index (χ2n) is 6.22. The Morgan fingerprint density at radius 1 is 1.04 bits per heavy atom. The van der Waals surface area contributed by atoms with Crippen LogP contribution in [0, 0.1) is 0 Å². The van der Waals surface area contributed by atoms with Gasteiger partial charge in [0.05, 0.1) is 6.61 Å². The molecular formula is C18H21NO4. The number of rotatable bonds is 2. The third kappa shape index (κ3) is 2.99. The predicted molar refractivity (Wildman–Crippen MR) is 83.4 cm³/mol. The van der Waals surface area contributed by atoms with Crippen molar-refractivity contribution in [2.24, 2.45) is 0 Å². The average molecular weight is 315 g/mol. The fourth-order valence-corrected chi connectivity index (χ4v) is 3.33. The number of ether oxygens (including phenoxy) is 3. The molecule has 0 amide bonds. The second-order valence-corrected chi connectivity index (χ2v) is 6.22. The number of likely N-dealkylation sites (tertiary alicyclic amines) is 1. The van der Waals surface area contributed by atoms with Crippen molar-refractivity contribution in [3.63, 3.8) is 0 Å². The number of fused-ring (bicyclic) bond motifs is 1. The molecule has 5 nitrogen and oxygen atoms in total. The van der Waals surface area contributed by atoms with E-state index in [-0.39, 0.29) is 11.9 Å². The average Bonchev–Trinajstić information content (AvgIpc) is 2.63. The minimum absolute atomic E-state index is 0.0222. The summed E-state index contributed by atoms with van der Waals surface area (Å²) in [5.74, 6) is 0.660. The summed E-state index contributed by atoms with van der Waals surface area (Å²) in [6, 6.07) is 9.68. The Balaban J connectivity index is 1.48. The zero-order chi connectivity index (χ0) is 15.6. The van der Waals surface area contributed by atoms with Crippen LogP contribution in [0.1, 0.15) is 31.1 Å². The van der Waals surface area contributed by atoms with E-state index >= 15 is 0 Å². The van der Waals surface area contributed by atoms with Gasteiger partial charge < -0.3 is 19.1 Å². The van der Waals surface area contributed by atoms with Crippen LogP contribution in [-0.4, -0.2) is 42.6 Å². The molecule has 3 aliphatic rings. The summed E-state index contributed by atoms with van der Waals surface area (Å²) >= 11 is 0. The third-order valence-corrected chi connectivity index (χ3v) is 4.58. The number of hydrogen-bond acceptors (Lipinski definition) is 5. The van der Waals surface area contributed by atoms with Gasteiger partial charge in [0.25, 0.3) is 0 Å². The van der Waals surface area contributed by atoms with Crippen LogP contribution in [0.2, 0.25) is 0 Å². The van der Waals surface area contributed by atoms with E-state index in [1.165, 1.54) is 6.42 Å². The fraction of sp³-hybridized carbons (Fsp3) is 0.500. The number of hydrogen-bond donors (Lipinski definition) is 0. The summed E-state index contributed by atoms with van der Waals surface area (Å²) in [5, 5.41) is 0. The smallest absolute Gasteiger partial charge is 0.193 e. The molecule has 0 aliphatic carbocycles. The number of piperidine rings is 1. The van der Waals surface area contributed by atoms with Crippen LogP contribution in [0.4, 0.5) is 0 Å². The van der Waals surface area contributed by atoms with Crippen LogP contribution in [0.25, 0.3) is 0 Å². The van der Waals surface area contributed by atoms with E-state index < -0.39 is 12.4 Å². The minimum atomic E-state index is -0.581. The predicted octanol–water partition coefficient (Wildman–Crippen LogP) is 2.40. The van der Waals surface area contributed by atoms with E-state index in [0.29, 0.717) is 12.5 Å². The van der Waals surface area contributed by atoms with Crippen LogP contribution < -0.4 is 0 Å². The van der Waals surface area contributed by atoms with E-state index in [1.54, 1.807) is 6.08 Å². The number of benzene rings is 1. The molecule has 0 saturated carbocycles. The Bertz CT molecular complexity index is 594. The summed E-state index contributed by atoms with van der Waals surface area (Å²) in [6.45, 7) is 2.26. The monoisotopic (exact) mass is 315 g/mol. The molecule has 1 aromatic rings. The van der Waals surface area contributed by atoms with Gasteiger partial charge in [-0.3, -0.25) is 4.79 Å². The maximum atomic E-state index is 12.5. The van der Waals surface area contributed by atoms with E-state index in [4.69, 9.17) is 14.2 Å². The minimum Gasteiger partial charge on any atom is -0.470 e. The maximum absolute atomic E-state index is 12.5. The zero-order valence-electron chi connectivity index (χ0n) is 13.0. The molecule has 2 saturated heterocycles. The zero-order valence-corrected chi connectivity index (χ0v) is 13.0. The Kier molecular flexibility index (Phi) is 4.06. The van der Waals surface area contributed by atoms with E-state index in [2.05, 4.69) is 4.90 Å². The van der Waals surface area contributed by atoms with Crippen molar-refractivity contribution in [3.05, 3.63) is 47.9 Å². The van der Waals surface area contributed by atoms with E-state index in [9.17, 15) is 4.79 Å². The van der Waals surface area contributed by atoms with Gasteiger partial charge in [-0.15, -0.1) is 0 Å². The van der Waals surface area contributed by atoms with Crippen LogP contribution >= 0.6 is 0 Å². The summed E-state index contributed by atoms with van der Waals surface area (Å²) in [5.41, 5.74) is 0.921. The standard InChI is InChI=1S/C18H21NO4/c20-14-11-16(19-9-5-2-6-10-19)22-15-12-21-18(23-17(14)15)13-7-3-1-4-8-13/h1,3-4,7-8,11,15,17-18H,2,5-6,9-10,12H2/t15-,17+,18-/m1/s1. The first-order valence-corrected chi connectivity index (χ1v) is 8.30. The lowest BCUT2D eigenvalue weighted by molar-refractivity contribution is -0.258. The van der Waals surface area contributed by atoms with Gasteiger partial charge in [0.15, 0.2) is 30.2 Å². The summed E-state index contributed by atoms with van der Waals surface area (Å²) < 4.78 is 17.6. The van der Waals surface area contributed by atoms with Gasteiger partial charge in [-0.05, 0) is 19.3 Å². The van der Waals surface area contributed by atoms with Crippen LogP contribution in [0.3, 0.4) is 0 Å². The van der Waals surface area contributed by atoms with Crippen molar-refractivity contribution in [2.75, 3.05) is 19.7 Å². The highest BCUT2D eigenvalue weighted by Gasteiger charge is 2.42. The van der Waals surface area contributed by atoms with Crippen molar-refractivity contribution < 1.29 is 19.0 Å². The molecule has 3 heterocycles. The van der Waals surface area contributed by atoms with Crippen LogP contribution in [0.5, 0.6) is 0 Å². The fourth-order valence-electron chi connectivity index (χ4n) is 3.33. The molecule has 23 heavy (non-hydrogen) atoms. The molecule has 5 heteroatoms. The Morgan fingerprint density at radius 3 is 2.61 bits per heavy atom. The molecule has 0 bridgehead atoms. The molecular weight excluding hydrogens is 294 g/mol. The first kappa shape index (κ1) is 14.7. The number of carbonyl (C=O) groups is 1. The highest BCUT2D eigenvalue weighted by atomic mass is 16.7. The Labute approximate surface area is 135 Å². The third-order valence-electron chi connectivity index (χ3n) is 4.58. The number of ketones is 1.